The number of aromatic amines is 1. The number of aryl methyl sites for hydroxylation is 1. The number of likely N-dealkylation sites (tertiary alicyclic amines) is 1. The van der Waals surface area contributed by atoms with Crippen molar-refractivity contribution in [3.8, 4) is 0 Å². The molecule has 0 aliphatic carbocycles. The van der Waals surface area contributed by atoms with Crippen LogP contribution in [0.25, 0.3) is 10.9 Å². The largest absolute Gasteiger partial charge is 0.343 e. The molecule has 232 valence electrons. The molecule has 12 heteroatoms. The molecule has 7 rings (SSSR count). The van der Waals surface area contributed by atoms with Gasteiger partial charge in [0, 0.05) is 68.9 Å². The molecule has 1 saturated heterocycles. The molecule has 3 aliphatic heterocycles. The minimum atomic E-state index is -0.483. The van der Waals surface area contributed by atoms with E-state index in [2.05, 4.69) is 20.5 Å². The number of halogens is 2. The Hall–Kier alpha value is -4.51. The van der Waals surface area contributed by atoms with Crippen LogP contribution in [-0.2, 0) is 35.6 Å². The number of amides is 4. The smallest absolute Gasteiger partial charge is 0.322 e. The maximum absolute atomic E-state index is 14.2. The van der Waals surface area contributed by atoms with Crippen LogP contribution in [0.3, 0.4) is 0 Å². The van der Waals surface area contributed by atoms with E-state index in [0.717, 1.165) is 33.2 Å². The molecular formula is C33H33ClFN7O3. The molecule has 3 aliphatic rings. The molecule has 1 atom stereocenters. The van der Waals surface area contributed by atoms with E-state index in [1.165, 1.54) is 6.07 Å². The van der Waals surface area contributed by atoms with Crippen molar-refractivity contribution in [3.05, 3.63) is 88.1 Å². The van der Waals surface area contributed by atoms with Gasteiger partial charge in [-0.2, -0.15) is 5.10 Å². The highest BCUT2D eigenvalue weighted by Crippen LogP contribution is 2.34. The van der Waals surface area contributed by atoms with Gasteiger partial charge in [0.05, 0.1) is 22.4 Å². The summed E-state index contributed by atoms with van der Waals surface area (Å²) in [7, 11) is 0. The first-order valence-corrected chi connectivity index (χ1v) is 15.7. The molecule has 2 aromatic carbocycles. The summed E-state index contributed by atoms with van der Waals surface area (Å²) in [4.78, 5) is 50.0. The third-order valence-corrected chi connectivity index (χ3v) is 9.70. The minimum absolute atomic E-state index is 0.0526. The number of H-pyrrole nitrogens is 1. The Morgan fingerprint density at radius 3 is 2.64 bits per heavy atom. The lowest BCUT2D eigenvalue weighted by Crippen LogP contribution is -2.51. The summed E-state index contributed by atoms with van der Waals surface area (Å²) >= 11 is 6.59. The van der Waals surface area contributed by atoms with E-state index in [1.54, 1.807) is 29.6 Å². The Balaban J connectivity index is 1.05. The zero-order valence-electron chi connectivity index (χ0n) is 24.6. The molecule has 10 nitrogen and oxygen atoms in total. The number of piperidine rings is 1. The van der Waals surface area contributed by atoms with E-state index in [1.807, 2.05) is 34.1 Å². The Labute approximate surface area is 264 Å². The summed E-state index contributed by atoms with van der Waals surface area (Å²) in [6, 6.07) is 10.2. The van der Waals surface area contributed by atoms with Gasteiger partial charge >= 0.3 is 6.03 Å². The van der Waals surface area contributed by atoms with Gasteiger partial charge in [0.2, 0.25) is 11.8 Å². The number of anilines is 1. The Morgan fingerprint density at radius 2 is 1.84 bits per heavy atom. The zero-order chi connectivity index (χ0) is 31.1. The summed E-state index contributed by atoms with van der Waals surface area (Å²) in [6.45, 7) is 2.08. The third kappa shape index (κ3) is 5.72. The lowest BCUT2D eigenvalue weighted by Gasteiger charge is -2.41. The lowest BCUT2D eigenvalue weighted by molar-refractivity contribution is -0.143. The molecule has 2 N–H and O–H groups in total. The van der Waals surface area contributed by atoms with Crippen LogP contribution in [0.15, 0.2) is 55.0 Å². The first-order valence-electron chi connectivity index (χ1n) is 15.3. The summed E-state index contributed by atoms with van der Waals surface area (Å²) in [5, 5.41) is 11.3. The summed E-state index contributed by atoms with van der Waals surface area (Å²) in [5.41, 5.74) is 4.76. The molecule has 0 spiro atoms. The van der Waals surface area contributed by atoms with Crippen molar-refractivity contribution in [1.29, 1.82) is 0 Å². The molecule has 0 bridgehead atoms. The first-order chi connectivity index (χ1) is 21.9. The number of carbonyl (C=O) groups is 3. The van der Waals surface area contributed by atoms with Gasteiger partial charge in [0.25, 0.3) is 0 Å². The Morgan fingerprint density at radius 1 is 1.04 bits per heavy atom. The number of carbonyl (C=O) groups excluding carboxylic acids is 3. The van der Waals surface area contributed by atoms with Crippen LogP contribution in [0.5, 0.6) is 0 Å². The van der Waals surface area contributed by atoms with Crippen molar-refractivity contribution in [3.63, 3.8) is 0 Å². The van der Waals surface area contributed by atoms with Crippen molar-refractivity contribution < 1.29 is 18.8 Å². The predicted molar refractivity (Wildman–Crippen MR) is 167 cm³/mol. The van der Waals surface area contributed by atoms with Crippen molar-refractivity contribution >= 4 is 46.0 Å². The number of pyridine rings is 1. The van der Waals surface area contributed by atoms with Crippen LogP contribution in [-0.4, -0.2) is 66.9 Å². The molecule has 4 aromatic rings. The molecule has 4 amide bonds. The number of hydrogen-bond donors (Lipinski definition) is 2. The monoisotopic (exact) mass is 629 g/mol. The second-order valence-electron chi connectivity index (χ2n) is 12.1. The lowest BCUT2D eigenvalue weighted by atomic mass is 9.88. The van der Waals surface area contributed by atoms with E-state index < -0.39 is 11.7 Å². The third-order valence-electron chi connectivity index (χ3n) is 9.40. The first kappa shape index (κ1) is 29.2. The quantitative estimate of drug-likeness (QED) is 0.312. The van der Waals surface area contributed by atoms with Crippen LogP contribution in [0.2, 0.25) is 5.02 Å². The second kappa shape index (κ2) is 12.1. The van der Waals surface area contributed by atoms with E-state index in [4.69, 9.17) is 11.6 Å². The number of benzene rings is 2. The molecule has 45 heavy (non-hydrogen) atoms. The van der Waals surface area contributed by atoms with Gasteiger partial charge in [-0.1, -0.05) is 23.7 Å². The van der Waals surface area contributed by atoms with Gasteiger partial charge < -0.3 is 20.0 Å². The topological polar surface area (TPSA) is 115 Å². The Kier molecular flexibility index (Phi) is 7.87. The fourth-order valence-corrected chi connectivity index (χ4v) is 7.22. The molecule has 5 heterocycles. The van der Waals surface area contributed by atoms with Gasteiger partial charge in [0.1, 0.15) is 5.82 Å². The molecule has 0 radical (unpaired) electrons. The minimum Gasteiger partial charge on any atom is -0.343 e. The van der Waals surface area contributed by atoms with Crippen LogP contribution in [0.4, 0.5) is 14.9 Å². The van der Waals surface area contributed by atoms with Gasteiger partial charge in [-0.3, -0.25) is 19.7 Å². The number of nitrogens with zero attached hydrogens (tertiary/aromatic N) is 5. The summed E-state index contributed by atoms with van der Waals surface area (Å²) in [6.07, 6.45) is 7.66. The SMILES string of the molecule is O=C(C[C@@H]1CCc2cc(Cl)c3[nH]ncc3c2CN(Cc2ccncc2)C1=O)N1CCC(N2Cc3cccc(F)c3NC2=O)CC1. The van der Waals surface area contributed by atoms with E-state index in [0.29, 0.717) is 63.4 Å². The fraction of sp³-hybridized carbons (Fsp3) is 0.364. The van der Waals surface area contributed by atoms with Crippen LogP contribution in [0.1, 0.15) is 47.9 Å². The summed E-state index contributed by atoms with van der Waals surface area (Å²) < 4.78 is 14.2. The highest BCUT2D eigenvalue weighted by molar-refractivity contribution is 6.35. The Bertz CT molecular complexity index is 1770. The number of aromatic nitrogens is 3. The van der Waals surface area contributed by atoms with Crippen molar-refractivity contribution in [1.82, 2.24) is 29.9 Å². The van der Waals surface area contributed by atoms with Crippen molar-refractivity contribution in [2.24, 2.45) is 5.92 Å². The normalized spacial score (nSPS) is 19.2. The average Bonchev–Trinajstić information content (AvgIpc) is 3.55. The average molecular weight is 630 g/mol. The van der Waals surface area contributed by atoms with Gasteiger partial charge in [-0.15, -0.1) is 0 Å². The van der Waals surface area contributed by atoms with Crippen molar-refractivity contribution in [2.45, 2.75) is 57.8 Å². The molecule has 1 fully saturated rings. The number of rotatable bonds is 5. The summed E-state index contributed by atoms with van der Waals surface area (Å²) in [5.74, 6) is -1.04. The highest BCUT2D eigenvalue weighted by Gasteiger charge is 2.36. The number of fused-ring (bicyclic) bond motifs is 4. The number of urea groups is 1. The molecular weight excluding hydrogens is 597 g/mol. The predicted octanol–water partition coefficient (Wildman–Crippen LogP) is 5.27. The van der Waals surface area contributed by atoms with Gasteiger partial charge in [-0.25, -0.2) is 9.18 Å². The van der Waals surface area contributed by atoms with Crippen LogP contribution >= 0.6 is 11.6 Å². The van der Waals surface area contributed by atoms with E-state index in [-0.39, 0.29) is 36.0 Å². The van der Waals surface area contributed by atoms with Crippen LogP contribution in [0, 0.1) is 11.7 Å². The maximum Gasteiger partial charge on any atom is 0.322 e. The molecule has 2 aromatic heterocycles. The van der Waals surface area contributed by atoms with E-state index in [9.17, 15) is 18.8 Å². The maximum atomic E-state index is 14.2. The number of nitrogens with one attached hydrogen (secondary N) is 2. The van der Waals surface area contributed by atoms with Gasteiger partial charge in [-0.05, 0) is 72.2 Å². The van der Waals surface area contributed by atoms with Crippen molar-refractivity contribution in [2.75, 3.05) is 18.4 Å². The van der Waals surface area contributed by atoms with Crippen LogP contribution < -0.4 is 5.32 Å². The standard InChI is InChI=1S/C33H33ClFN7O3/c34-27-14-21-4-5-22(32(44)41(17-20-6-10-36-11-7-20)19-26(21)25-16-37-39-31(25)27)15-29(43)40-12-8-24(9-13-40)42-18-23-2-1-3-28(35)30(23)38-33(42)45/h1-3,6-7,10-11,14,16,22,24H,4-5,8-9,12-13,15,17-19H2,(H,37,39)(H,38,45)/t22-/m0/s1. The highest BCUT2D eigenvalue weighted by atomic mass is 35.5. The van der Waals surface area contributed by atoms with Gasteiger partial charge in [0.15, 0.2) is 0 Å². The second-order valence-corrected chi connectivity index (χ2v) is 12.5. The fourth-order valence-electron chi connectivity index (χ4n) is 6.94. The van der Waals surface area contributed by atoms with E-state index >= 15 is 0 Å². The molecule has 0 unspecified atom stereocenters. The zero-order valence-corrected chi connectivity index (χ0v) is 25.4. The number of para-hydroxylation sites is 1. The molecule has 0 saturated carbocycles. The number of hydrogen-bond acceptors (Lipinski definition) is 5.